The molecule has 1 aromatic heterocycles. The number of aromatic hydroxyl groups is 1. The maximum atomic E-state index is 9.15. The average Bonchev–Trinajstić information content (AvgIpc) is 2.51. The molecule has 0 atom stereocenters. The zero-order valence-corrected chi connectivity index (χ0v) is 7.94. The van der Waals surface area contributed by atoms with Crippen LogP contribution in [0.2, 0.25) is 5.02 Å². The van der Waals surface area contributed by atoms with Crippen LogP contribution >= 0.6 is 11.6 Å². The largest absolute Gasteiger partial charge is 0.508 e. The number of phenols is 1. The van der Waals surface area contributed by atoms with Gasteiger partial charge in [0.25, 0.3) is 0 Å². The SMILES string of the molecule is Nc1cc(O)ccc1-n1cc(Cl)cn1. The molecule has 0 aliphatic heterocycles. The second-order valence-corrected chi connectivity index (χ2v) is 3.28. The van der Waals surface area contributed by atoms with Gasteiger partial charge in [-0.05, 0) is 12.1 Å². The molecule has 0 amide bonds. The van der Waals surface area contributed by atoms with E-state index in [2.05, 4.69) is 5.10 Å². The highest BCUT2D eigenvalue weighted by molar-refractivity contribution is 6.30. The number of hydrogen-bond donors (Lipinski definition) is 2. The Kier molecular flexibility index (Phi) is 2.05. The zero-order valence-electron chi connectivity index (χ0n) is 7.18. The number of anilines is 1. The molecule has 0 bridgehead atoms. The van der Waals surface area contributed by atoms with Gasteiger partial charge in [-0.2, -0.15) is 5.10 Å². The minimum atomic E-state index is 0.129. The minimum absolute atomic E-state index is 0.129. The Morgan fingerprint density at radius 2 is 2.21 bits per heavy atom. The fraction of sp³-hybridized carbons (Fsp3) is 0. The van der Waals surface area contributed by atoms with Gasteiger partial charge < -0.3 is 10.8 Å². The van der Waals surface area contributed by atoms with Crippen LogP contribution in [-0.4, -0.2) is 14.9 Å². The molecule has 72 valence electrons. The first-order valence-corrected chi connectivity index (χ1v) is 4.33. The van der Waals surface area contributed by atoms with Crippen molar-refractivity contribution in [2.75, 3.05) is 5.73 Å². The standard InChI is InChI=1S/C9H8ClN3O/c10-6-4-12-13(5-6)9-2-1-7(14)3-8(9)11/h1-5,14H,11H2. The molecule has 1 aromatic carbocycles. The van der Waals surface area contributed by atoms with Gasteiger partial charge in [0.2, 0.25) is 0 Å². The molecule has 4 nitrogen and oxygen atoms in total. The van der Waals surface area contributed by atoms with Crippen molar-refractivity contribution < 1.29 is 5.11 Å². The van der Waals surface area contributed by atoms with Gasteiger partial charge in [-0.25, -0.2) is 4.68 Å². The molecule has 0 unspecified atom stereocenters. The molecule has 0 spiro atoms. The Balaban J connectivity index is 2.52. The van der Waals surface area contributed by atoms with Crippen molar-refractivity contribution >= 4 is 17.3 Å². The van der Waals surface area contributed by atoms with E-state index in [1.807, 2.05) is 0 Å². The second kappa shape index (κ2) is 3.23. The topological polar surface area (TPSA) is 64.1 Å². The maximum absolute atomic E-state index is 9.15. The molecule has 1 heterocycles. The second-order valence-electron chi connectivity index (χ2n) is 2.85. The normalized spacial score (nSPS) is 10.4. The molecule has 0 radical (unpaired) electrons. The number of nitrogens with two attached hydrogens (primary N) is 1. The first kappa shape index (κ1) is 8.90. The molecule has 5 heteroatoms. The van der Waals surface area contributed by atoms with Crippen LogP contribution < -0.4 is 5.73 Å². The molecule has 3 N–H and O–H groups in total. The summed E-state index contributed by atoms with van der Waals surface area (Å²) < 4.78 is 1.55. The summed E-state index contributed by atoms with van der Waals surface area (Å²) in [6.45, 7) is 0. The van der Waals surface area contributed by atoms with Crippen molar-refractivity contribution in [2.24, 2.45) is 0 Å². The minimum Gasteiger partial charge on any atom is -0.508 e. The number of hydrogen-bond acceptors (Lipinski definition) is 3. The van der Waals surface area contributed by atoms with Crippen molar-refractivity contribution in [3.63, 3.8) is 0 Å². The fourth-order valence-electron chi connectivity index (χ4n) is 1.18. The van der Waals surface area contributed by atoms with E-state index in [0.717, 1.165) is 0 Å². The Hall–Kier alpha value is -1.68. The van der Waals surface area contributed by atoms with Gasteiger partial charge in [-0.3, -0.25) is 0 Å². The van der Waals surface area contributed by atoms with Crippen LogP contribution in [0.3, 0.4) is 0 Å². The average molecular weight is 210 g/mol. The van der Waals surface area contributed by atoms with Crippen LogP contribution in [0.15, 0.2) is 30.6 Å². The number of aromatic nitrogens is 2. The summed E-state index contributed by atoms with van der Waals surface area (Å²) in [5.74, 6) is 0.129. The van der Waals surface area contributed by atoms with Gasteiger partial charge in [0, 0.05) is 12.3 Å². The molecule has 2 aromatic rings. The lowest BCUT2D eigenvalue weighted by Crippen LogP contribution is -1.99. The maximum Gasteiger partial charge on any atom is 0.117 e. The number of nitrogen functional groups attached to an aromatic ring is 1. The lowest BCUT2D eigenvalue weighted by molar-refractivity contribution is 0.475. The molecule has 0 aliphatic rings. The van der Waals surface area contributed by atoms with Crippen molar-refractivity contribution in [3.05, 3.63) is 35.6 Å². The highest BCUT2D eigenvalue weighted by Gasteiger charge is 2.03. The van der Waals surface area contributed by atoms with E-state index in [1.165, 1.54) is 12.3 Å². The quantitative estimate of drug-likeness (QED) is 0.704. The van der Waals surface area contributed by atoms with E-state index in [9.17, 15) is 0 Å². The lowest BCUT2D eigenvalue weighted by atomic mass is 10.2. The highest BCUT2D eigenvalue weighted by atomic mass is 35.5. The number of phenolic OH excluding ortho intramolecular Hbond substituents is 1. The van der Waals surface area contributed by atoms with Gasteiger partial charge in [-0.1, -0.05) is 11.6 Å². The van der Waals surface area contributed by atoms with Crippen LogP contribution in [0.1, 0.15) is 0 Å². The lowest BCUT2D eigenvalue weighted by Gasteiger charge is -2.05. The third-order valence-electron chi connectivity index (χ3n) is 1.81. The smallest absolute Gasteiger partial charge is 0.117 e. The molecule has 0 fully saturated rings. The highest BCUT2D eigenvalue weighted by Crippen LogP contribution is 2.22. The summed E-state index contributed by atoms with van der Waals surface area (Å²) in [4.78, 5) is 0. The number of nitrogens with zero attached hydrogens (tertiary/aromatic N) is 2. The van der Waals surface area contributed by atoms with E-state index in [-0.39, 0.29) is 5.75 Å². The summed E-state index contributed by atoms with van der Waals surface area (Å²) in [5.41, 5.74) is 6.84. The molecule has 2 rings (SSSR count). The van der Waals surface area contributed by atoms with Gasteiger partial charge in [0.05, 0.1) is 22.6 Å². The van der Waals surface area contributed by atoms with Crippen LogP contribution in [0.5, 0.6) is 5.75 Å². The van der Waals surface area contributed by atoms with Crippen molar-refractivity contribution in [3.8, 4) is 11.4 Å². The summed E-state index contributed by atoms with van der Waals surface area (Å²) >= 11 is 5.72. The van der Waals surface area contributed by atoms with Gasteiger partial charge >= 0.3 is 0 Å². The van der Waals surface area contributed by atoms with Crippen molar-refractivity contribution in [2.45, 2.75) is 0 Å². The summed E-state index contributed by atoms with van der Waals surface area (Å²) in [6.07, 6.45) is 3.16. The van der Waals surface area contributed by atoms with Crippen LogP contribution in [0, 0.1) is 0 Å². The molecular formula is C9H8ClN3O. The van der Waals surface area contributed by atoms with E-state index in [0.29, 0.717) is 16.4 Å². The molecule has 14 heavy (non-hydrogen) atoms. The van der Waals surface area contributed by atoms with Crippen LogP contribution in [0.25, 0.3) is 5.69 Å². The third kappa shape index (κ3) is 1.52. The van der Waals surface area contributed by atoms with E-state index < -0.39 is 0 Å². The summed E-state index contributed by atoms with van der Waals surface area (Å²) in [6, 6.07) is 4.68. The summed E-state index contributed by atoms with van der Waals surface area (Å²) in [5, 5.41) is 13.7. The van der Waals surface area contributed by atoms with Crippen LogP contribution in [-0.2, 0) is 0 Å². The number of benzene rings is 1. The van der Waals surface area contributed by atoms with Crippen LogP contribution in [0.4, 0.5) is 5.69 Å². The van der Waals surface area contributed by atoms with Crippen molar-refractivity contribution in [1.82, 2.24) is 9.78 Å². The predicted molar refractivity (Wildman–Crippen MR) is 54.7 cm³/mol. The fourth-order valence-corrected chi connectivity index (χ4v) is 1.32. The Bertz CT molecular complexity index is 467. The monoisotopic (exact) mass is 209 g/mol. The number of rotatable bonds is 1. The third-order valence-corrected chi connectivity index (χ3v) is 2.00. The first-order chi connectivity index (χ1) is 6.66. The van der Waals surface area contributed by atoms with E-state index in [1.54, 1.807) is 23.0 Å². The molecule has 0 saturated heterocycles. The molecular weight excluding hydrogens is 202 g/mol. The molecule has 0 saturated carbocycles. The van der Waals surface area contributed by atoms with E-state index in [4.69, 9.17) is 22.4 Å². The van der Waals surface area contributed by atoms with Gasteiger partial charge in [-0.15, -0.1) is 0 Å². The first-order valence-electron chi connectivity index (χ1n) is 3.96. The zero-order chi connectivity index (χ0) is 10.1. The predicted octanol–water partition coefficient (Wildman–Crippen LogP) is 1.81. The van der Waals surface area contributed by atoms with Gasteiger partial charge in [0.1, 0.15) is 5.75 Å². The van der Waals surface area contributed by atoms with Crippen molar-refractivity contribution in [1.29, 1.82) is 0 Å². The molecule has 0 aliphatic carbocycles. The Morgan fingerprint density at radius 1 is 1.43 bits per heavy atom. The van der Waals surface area contributed by atoms with E-state index >= 15 is 0 Å². The Morgan fingerprint density at radius 3 is 2.79 bits per heavy atom. The van der Waals surface area contributed by atoms with Gasteiger partial charge in [0.15, 0.2) is 0 Å². The number of halogens is 1. The Labute approximate surface area is 85.5 Å². The summed E-state index contributed by atoms with van der Waals surface area (Å²) in [7, 11) is 0.